The molecule has 2 aromatic heterocycles. The maximum atomic E-state index is 5.70. The van der Waals surface area contributed by atoms with Crippen LogP contribution in [-0.2, 0) is 26.1 Å². The molecule has 3 heterocycles. The van der Waals surface area contributed by atoms with Crippen molar-refractivity contribution in [3.05, 3.63) is 35.7 Å². The van der Waals surface area contributed by atoms with E-state index < -0.39 is 0 Å². The fourth-order valence-electron chi connectivity index (χ4n) is 2.43. The second kappa shape index (κ2) is 4.33. The molecule has 0 bridgehead atoms. The quantitative estimate of drug-likeness (QED) is 0.854. The minimum absolute atomic E-state index is 0.563. The van der Waals surface area contributed by atoms with E-state index in [-0.39, 0.29) is 0 Å². The van der Waals surface area contributed by atoms with Gasteiger partial charge in [-0.2, -0.15) is 0 Å². The monoisotopic (exact) mass is 231 g/mol. The predicted molar refractivity (Wildman–Crippen MR) is 64.4 cm³/mol. The summed E-state index contributed by atoms with van der Waals surface area (Å²) in [6.07, 6.45) is 5.57. The van der Waals surface area contributed by atoms with Crippen LogP contribution in [0.2, 0.25) is 0 Å². The van der Waals surface area contributed by atoms with Crippen molar-refractivity contribution in [3.63, 3.8) is 0 Å². The Morgan fingerprint density at radius 3 is 3.12 bits per heavy atom. The molecule has 1 aliphatic heterocycles. The number of nitrogens with zero attached hydrogens (tertiary/aromatic N) is 4. The lowest BCUT2D eigenvalue weighted by molar-refractivity contribution is 0.500. The largest absolute Gasteiger partial charge is 0.343 e. The Hall–Kier alpha value is -1.62. The summed E-state index contributed by atoms with van der Waals surface area (Å²) >= 11 is 0. The molecule has 0 fully saturated rings. The van der Waals surface area contributed by atoms with Crippen molar-refractivity contribution in [1.29, 1.82) is 0 Å². The van der Waals surface area contributed by atoms with E-state index in [9.17, 15) is 0 Å². The highest BCUT2D eigenvalue weighted by Crippen LogP contribution is 2.15. The Kier molecular flexibility index (Phi) is 2.68. The normalized spacial score (nSPS) is 14.9. The lowest BCUT2D eigenvalue weighted by atomic mass is 10.2. The number of hydrogen-bond acceptors (Lipinski definition) is 3. The third-order valence-electron chi connectivity index (χ3n) is 3.38. The first-order valence-electron chi connectivity index (χ1n) is 6.13. The maximum absolute atomic E-state index is 5.70. The first-order chi connectivity index (χ1) is 8.38. The molecule has 0 unspecified atom stereocenters. The molecule has 17 heavy (non-hydrogen) atoms. The van der Waals surface area contributed by atoms with E-state index in [2.05, 4.69) is 19.3 Å². The van der Waals surface area contributed by atoms with Crippen LogP contribution >= 0.6 is 0 Å². The first-order valence-corrected chi connectivity index (χ1v) is 6.13. The van der Waals surface area contributed by atoms with Crippen molar-refractivity contribution in [3.8, 4) is 0 Å². The van der Waals surface area contributed by atoms with Gasteiger partial charge in [0.1, 0.15) is 5.82 Å². The number of aromatic nitrogens is 4. The topological polar surface area (TPSA) is 61.7 Å². The Labute approximate surface area is 100 Å². The van der Waals surface area contributed by atoms with Gasteiger partial charge in [0.15, 0.2) is 5.82 Å². The zero-order valence-electron chi connectivity index (χ0n) is 9.84. The summed E-state index contributed by atoms with van der Waals surface area (Å²) in [7, 11) is 0. The molecule has 0 aliphatic carbocycles. The van der Waals surface area contributed by atoms with E-state index in [1.54, 1.807) is 0 Å². The summed E-state index contributed by atoms with van der Waals surface area (Å²) in [5.74, 6) is 2.18. The van der Waals surface area contributed by atoms with Gasteiger partial charge < -0.3 is 14.9 Å². The van der Waals surface area contributed by atoms with Gasteiger partial charge in [0.2, 0.25) is 0 Å². The van der Waals surface area contributed by atoms with Gasteiger partial charge in [0.25, 0.3) is 0 Å². The zero-order chi connectivity index (χ0) is 11.7. The van der Waals surface area contributed by atoms with E-state index in [1.807, 2.05) is 18.3 Å². The van der Waals surface area contributed by atoms with Crippen LogP contribution in [0.15, 0.2) is 18.3 Å². The standard InChI is InChI=1S/C12H17N5/c13-8-10-4-3-6-16(10)9-12-15-14-11-5-1-2-7-17(11)12/h3-4,6H,1-2,5,7-9,13H2. The molecule has 0 aromatic carbocycles. The average Bonchev–Trinajstić information content (AvgIpc) is 2.97. The fraction of sp³-hybridized carbons (Fsp3) is 0.500. The Morgan fingerprint density at radius 1 is 1.29 bits per heavy atom. The summed E-state index contributed by atoms with van der Waals surface area (Å²) in [6.45, 7) is 2.39. The first kappa shape index (κ1) is 10.5. The highest BCUT2D eigenvalue weighted by atomic mass is 15.3. The van der Waals surface area contributed by atoms with Crippen LogP contribution in [0.4, 0.5) is 0 Å². The highest BCUT2D eigenvalue weighted by molar-refractivity contribution is 5.09. The molecule has 1 aliphatic rings. The molecule has 0 atom stereocenters. The van der Waals surface area contributed by atoms with E-state index >= 15 is 0 Å². The third-order valence-corrected chi connectivity index (χ3v) is 3.38. The zero-order valence-corrected chi connectivity index (χ0v) is 9.84. The second-order valence-electron chi connectivity index (χ2n) is 4.47. The molecule has 0 saturated heterocycles. The molecule has 2 aromatic rings. The Balaban J connectivity index is 1.88. The lowest BCUT2D eigenvalue weighted by Crippen LogP contribution is -2.16. The molecule has 0 radical (unpaired) electrons. The van der Waals surface area contributed by atoms with Crippen molar-refractivity contribution in [2.75, 3.05) is 0 Å². The van der Waals surface area contributed by atoms with Crippen molar-refractivity contribution in [2.24, 2.45) is 5.73 Å². The van der Waals surface area contributed by atoms with Gasteiger partial charge in [0, 0.05) is 31.4 Å². The molecule has 0 spiro atoms. The second-order valence-corrected chi connectivity index (χ2v) is 4.47. The van der Waals surface area contributed by atoms with Crippen LogP contribution in [-0.4, -0.2) is 19.3 Å². The van der Waals surface area contributed by atoms with E-state index in [1.165, 1.54) is 12.8 Å². The molecule has 0 saturated carbocycles. The van der Waals surface area contributed by atoms with Crippen molar-refractivity contribution < 1.29 is 0 Å². The third kappa shape index (κ3) is 1.86. The van der Waals surface area contributed by atoms with Crippen LogP contribution in [0, 0.1) is 0 Å². The minimum atomic E-state index is 0.563. The van der Waals surface area contributed by atoms with Crippen molar-refractivity contribution >= 4 is 0 Å². The van der Waals surface area contributed by atoms with Crippen LogP contribution in [0.5, 0.6) is 0 Å². The van der Waals surface area contributed by atoms with E-state index in [0.717, 1.165) is 36.9 Å². The maximum Gasteiger partial charge on any atom is 0.153 e. The van der Waals surface area contributed by atoms with Crippen LogP contribution in [0.25, 0.3) is 0 Å². The number of fused-ring (bicyclic) bond motifs is 1. The molecule has 90 valence electrons. The molecule has 2 N–H and O–H groups in total. The molecular weight excluding hydrogens is 214 g/mol. The fourth-order valence-corrected chi connectivity index (χ4v) is 2.43. The molecule has 0 amide bonds. The summed E-state index contributed by atoms with van der Waals surface area (Å²) in [5.41, 5.74) is 6.84. The molecular formula is C12H17N5. The number of aryl methyl sites for hydroxylation is 1. The smallest absolute Gasteiger partial charge is 0.153 e. The van der Waals surface area contributed by atoms with Crippen LogP contribution in [0.3, 0.4) is 0 Å². The molecule has 3 rings (SSSR count). The van der Waals surface area contributed by atoms with Gasteiger partial charge in [-0.3, -0.25) is 0 Å². The minimum Gasteiger partial charge on any atom is -0.343 e. The summed E-state index contributed by atoms with van der Waals surface area (Å²) in [4.78, 5) is 0. The van der Waals surface area contributed by atoms with Crippen molar-refractivity contribution in [1.82, 2.24) is 19.3 Å². The van der Waals surface area contributed by atoms with Gasteiger partial charge in [-0.1, -0.05) is 0 Å². The van der Waals surface area contributed by atoms with E-state index in [0.29, 0.717) is 6.54 Å². The highest BCUT2D eigenvalue weighted by Gasteiger charge is 2.16. The van der Waals surface area contributed by atoms with Gasteiger partial charge in [-0.05, 0) is 25.0 Å². The van der Waals surface area contributed by atoms with Crippen LogP contribution < -0.4 is 5.73 Å². The predicted octanol–water partition coefficient (Wildman–Crippen LogP) is 0.923. The van der Waals surface area contributed by atoms with Gasteiger partial charge in [-0.25, -0.2) is 0 Å². The van der Waals surface area contributed by atoms with Gasteiger partial charge in [0.05, 0.1) is 6.54 Å². The number of rotatable bonds is 3. The summed E-state index contributed by atoms with van der Waals surface area (Å²) in [6, 6.07) is 4.07. The lowest BCUT2D eigenvalue weighted by Gasteiger charge is -2.15. The van der Waals surface area contributed by atoms with Crippen LogP contribution in [0.1, 0.15) is 30.2 Å². The SMILES string of the molecule is NCc1cccn1Cc1nnc2n1CCCC2. The average molecular weight is 231 g/mol. The molecule has 5 nitrogen and oxygen atoms in total. The Bertz CT molecular complexity index is 511. The molecule has 5 heteroatoms. The van der Waals surface area contributed by atoms with Gasteiger partial charge in [-0.15, -0.1) is 10.2 Å². The van der Waals surface area contributed by atoms with Crippen molar-refractivity contribution in [2.45, 2.75) is 38.9 Å². The van der Waals surface area contributed by atoms with Gasteiger partial charge >= 0.3 is 0 Å². The summed E-state index contributed by atoms with van der Waals surface area (Å²) < 4.78 is 4.40. The number of nitrogens with two attached hydrogens (primary N) is 1. The Morgan fingerprint density at radius 2 is 2.24 bits per heavy atom. The van der Waals surface area contributed by atoms with E-state index in [4.69, 9.17) is 5.73 Å². The number of hydrogen-bond donors (Lipinski definition) is 1. The summed E-state index contributed by atoms with van der Waals surface area (Å²) in [5, 5.41) is 8.56.